The quantitative estimate of drug-likeness (QED) is 0.741. The Morgan fingerprint density at radius 1 is 1.29 bits per heavy atom. The zero-order valence-corrected chi connectivity index (χ0v) is 12.7. The molecule has 0 saturated heterocycles. The Kier molecular flexibility index (Phi) is 2.62. The van der Waals surface area contributed by atoms with Crippen LogP contribution in [0.15, 0.2) is 30.6 Å². The Hall–Kier alpha value is -3.09. The number of Topliss-reactive ketones (excluding diaryl/α,β-unsaturated/α-hetero) is 1. The lowest BCUT2D eigenvalue weighted by Crippen LogP contribution is -2.31. The smallest absolute Gasteiger partial charge is 0.296 e. The summed E-state index contributed by atoms with van der Waals surface area (Å²) in [4.78, 5) is 35.2. The van der Waals surface area contributed by atoms with E-state index in [2.05, 4.69) is 20.2 Å². The molecule has 7 nitrogen and oxygen atoms in total. The summed E-state index contributed by atoms with van der Waals surface area (Å²) >= 11 is 0. The van der Waals surface area contributed by atoms with Crippen LogP contribution in [0.2, 0.25) is 0 Å². The molecular weight excluding hydrogens is 306 g/mol. The molecular formula is C17H13N5O2. The lowest BCUT2D eigenvalue weighted by Gasteiger charge is -2.18. The minimum Gasteiger partial charge on any atom is -0.305 e. The third kappa shape index (κ3) is 1.75. The van der Waals surface area contributed by atoms with Gasteiger partial charge in [-0.05, 0) is 18.1 Å². The molecule has 1 N–H and O–H groups in total. The van der Waals surface area contributed by atoms with Crippen LogP contribution in [0.25, 0.3) is 11.0 Å². The van der Waals surface area contributed by atoms with Gasteiger partial charge in [0.05, 0.1) is 12.4 Å². The molecule has 1 aromatic carbocycles. The first-order chi connectivity index (χ1) is 11.7. The predicted octanol–water partition coefficient (Wildman–Crippen LogP) is 2.07. The van der Waals surface area contributed by atoms with E-state index < -0.39 is 0 Å². The van der Waals surface area contributed by atoms with Gasteiger partial charge in [-0.25, -0.2) is 9.97 Å². The number of fused-ring (bicyclic) bond motifs is 1. The Morgan fingerprint density at radius 2 is 2.21 bits per heavy atom. The number of anilines is 1. The van der Waals surface area contributed by atoms with E-state index in [0.29, 0.717) is 24.0 Å². The molecule has 0 radical (unpaired) electrons. The highest BCUT2D eigenvalue weighted by molar-refractivity contribution is 6.08. The second kappa shape index (κ2) is 4.70. The van der Waals surface area contributed by atoms with Crippen LogP contribution in [-0.4, -0.2) is 38.4 Å². The van der Waals surface area contributed by atoms with Crippen molar-refractivity contribution in [3.63, 3.8) is 0 Å². The van der Waals surface area contributed by atoms with Crippen LogP contribution in [-0.2, 0) is 0 Å². The summed E-state index contributed by atoms with van der Waals surface area (Å²) in [5.74, 6) is 0.281. The van der Waals surface area contributed by atoms with Gasteiger partial charge in [0.2, 0.25) is 5.82 Å². The summed E-state index contributed by atoms with van der Waals surface area (Å²) in [7, 11) is 0. The molecule has 2 aliphatic rings. The summed E-state index contributed by atoms with van der Waals surface area (Å²) < 4.78 is 0. The Bertz CT molecular complexity index is 1010. The fourth-order valence-electron chi connectivity index (χ4n) is 3.70. The third-order valence-electron chi connectivity index (χ3n) is 4.83. The number of H-pyrrole nitrogens is 1. The van der Waals surface area contributed by atoms with Gasteiger partial charge in [0, 0.05) is 30.1 Å². The topological polar surface area (TPSA) is 91.8 Å². The number of hydrogen-bond donors (Lipinski definition) is 1. The van der Waals surface area contributed by atoms with Crippen molar-refractivity contribution >= 4 is 28.4 Å². The molecule has 2 aromatic heterocycles. The van der Waals surface area contributed by atoms with Crippen molar-refractivity contribution in [1.29, 1.82) is 0 Å². The minimum absolute atomic E-state index is 0.145. The summed E-state index contributed by atoms with van der Waals surface area (Å²) in [6.07, 6.45) is 4.46. The summed E-state index contributed by atoms with van der Waals surface area (Å²) in [6, 6.07) is 5.58. The predicted molar refractivity (Wildman–Crippen MR) is 86.1 cm³/mol. The van der Waals surface area contributed by atoms with E-state index >= 15 is 0 Å². The average Bonchev–Trinajstić information content (AvgIpc) is 3.22. The molecule has 1 aliphatic heterocycles. The number of carbonyl (C=O) groups excluding carboxylic acids is 2. The van der Waals surface area contributed by atoms with Crippen molar-refractivity contribution in [2.24, 2.45) is 0 Å². The van der Waals surface area contributed by atoms with Gasteiger partial charge >= 0.3 is 0 Å². The van der Waals surface area contributed by atoms with E-state index in [1.54, 1.807) is 17.3 Å². The second-order valence-corrected chi connectivity index (χ2v) is 6.18. The molecule has 1 unspecified atom stereocenters. The van der Waals surface area contributed by atoms with Crippen LogP contribution in [0.4, 0.5) is 5.69 Å². The number of aromatic amines is 1. The number of hydrogen-bond acceptors (Lipinski definition) is 5. The number of benzene rings is 1. The van der Waals surface area contributed by atoms with Gasteiger partial charge in [0.1, 0.15) is 11.0 Å². The summed E-state index contributed by atoms with van der Waals surface area (Å²) in [5, 5.41) is 6.67. The molecule has 24 heavy (non-hydrogen) atoms. The van der Waals surface area contributed by atoms with E-state index in [0.717, 1.165) is 23.2 Å². The monoisotopic (exact) mass is 319 g/mol. The van der Waals surface area contributed by atoms with Crippen molar-refractivity contribution in [3.05, 3.63) is 47.5 Å². The average molecular weight is 319 g/mol. The van der Waals surface area contributed by atoms with Gasteiger partial charge in [0.15, 0.2) is 5.78 Å². The van der Waals surface area contributed by atoms with Gasteiger partial charge in [-0.1, -0.05) is 12.1 Å². The van der Waals surface area contributed by atoms with Crippen LogP contribution in [0, 0.1) is 0 Å². The van der Waals surface area contributed by atoms with Crippen molar-refractivity contribution in [2.75, 3.05) is 11.4 Å². The fourth-order valence-corrected chi connectivity index (χ4v) is 3.70. The molecule has 0 saturated carbocycles. The standard InChI is InChI=1S/C17H13N5O2/c23-14-5-4-9-8-22(13-3-1-2-10(14)15(9)13)17(24)16-18-6-12-11(20-16)7-19-21-12/h1-3,6-7,9H,4-5,8H2,(H,19,21). The maximum Gasteiger partial charge on any atom is 0.296 e. The molecule has 118 valence electrons. The van der Waals surface area contributed by atoms with Crippen LogP contribution < -0.4 is 4.90 Å². The Morgan fingerprint density at radius 3 is 3.12 bits per heavy atom. The molecule has 3 aromatic rings. The largest absolute Gasteiger partial charge is 0.305 e. The Balaban J connectivity index is 1.59. The highest BCUT2D eigenvalue weighted by Crippen LogP contribution is 2.44. The van der Waals surface area contributed by atoms with E-state index in [4.69, 9.17) is 0 Å². The molecule has 7 heteroatoms. The molecule has 3 heterocycles. The molecule has 0 fully saturated rings. The number of amides is 1. The van der Waals surface area contributed by atoms with Gasteiger partial charge in [-0.15, -0.1) is 0 Å². The maximum absolute atomic E-state index is 12.9. The lowest BCUT2D eigenvalue weighted by atomic mass is 9.83. The summed E-state index contributed by atoms with van der Waals surface area (Å²) in [6.45, 7) is 0.575. The number of ketones is 1. The van der Waals surface area contributed by atoms with Gasteiger partial charge < -0.3 is 4.90 Å². The number of nitrogens with zero attached hydrogens (tertiary/aromatic N) is 4. The number of aromatic nitrogens is 4. The molecule has 5 rings (SSSR count). The van der Waals surface area contributed by atoms with E-state index in [-0.39, 0.29) is 23.4 Å². The highest BCUT2D eigenvalue weighted by atomic mass is 16.2. The van der Waals surface area contributed by atoms with Crippen molar-refractivity contribution in [3.8, 4) is 0 Å². The van der Waals surface area contributed by atoms with Crippen LogP contribution in [0.1, 0.15) is 45.3 Å². The number of nitrogens with one attached hydrogen (secondary N) is 1. The molecule has 1 atom stereocenters. The second-order valence-electron chi connectivity index (χ2n) is 6.18. The molecule has 1 amide bonds. The first kappa shape index (κ1) is 13.4. The normalized spacial score (nSPS) is 18.9. The van der Waals surface area contributed by atoms with Crippen LogP contribution in [0.5, 0.6) is 0 Å². The number of rotatable bonds is 1. The van der Waals surface area contributed by atoms with Crippen molar-refractivity contribution in [1.82, 2.24) is 20.2 Å². The zero-order chi connectivity index (χ0) is 16.3. The first-order valence-corrected chi connectivity index (χ1v) is 7.86. The highest BCUT2D eigenvalue weighted by Gasteiger charge is 2.39. The maximum atomic E-state index is 12.9. The van der Waals surface area contributed by atoms with Crippen LogP contribution in [0.3, 0.4) is 0 Å². The van der Waals surface area contributed by atoms with E-state index in [9.17, 15) is 9.59 Å². The van der Waals surface area contributed by atoms with Gasteiger partial charge in [-0.2, -0.15) is 5.10 Å². The van der Waals surface area contributed by atoms with Gasteiger partial charge in [-0.3, -0.25) is 14.7 Å². The van der Waals surface area contributed by atoms with Crippen molar-refractivity contribution < 1.29 is 9.59 Å². The fraction of sp³-hybridized carbons (Fsp3) is 0.235. The lowest BCUT2D eigenvalue weighted by molar-refractivity contribution is 0.0968. The zero-order valence-electron chi connectivity index (χ0n) is 12.7. The molecule has 0 spiro atoms. The van der Waals surface area contributed by atoms with Crippen LogP contribution >= 0.6 is 0 Å². The molecule has 0 bridgehead atoms. The minimum atomic E-state index is -0.242. The van der Waals surface area contributed by atoms with Gasteiger partial charge in [0.25, 0.3) is 5.91 Å². The van der Waals surface area contributed by atoms with E-state index in [1.165, 1.54) is 0 Å². The summed E-state index contributed by atoms with van der Waals surface area (Å²) in [5.41, 5.74) is 3.87. The first-order valence-electron chi connectivity index (χ1n) is 7.86. The Labute approximate surface area is 136 Å². The molecule has 1 aliphatic carbocycles. The third-order valence-corrected chi connectivity index (χ3v) is 4.83. The van der Waals surface area contributed by atoms with E-state index in [1.807, 2.05) is 18.2 Å². The number of carbonyl (C=O) groups is 2. The van der Waals surface area contributed by atoms with Crippen molar-refractivity contribution in [2.45, 2.75) is 18.8 Å². The SMILES string of the molecule is O=C1CCC2CN(C(=O)c3ncc4[nH]ncc4n3)c3cccc1c32.